The van der Waals surface area contributed by atoms with Crippen molar-refractivity contribution in [1.29, 1.82) is 0 Å². The second kappa shape index (κ2) is 6.39. The van der Waals surface area contributed by atoms with Crippen molar-refractivity contribution in [1.82, 2.24) is 20.8 Å². The van der Waals surface area contributed by atoms with Crippen LogP contribution in [0, 0.1) is 5.92 Å². The zero-order valence-corrected chi connectivity index (χ0v) is 11.8. The number of piperidine rings is 1. The molecule has 1 aromatic heterocycles. The summed E-state index contributed by atoms with van der Waals surface area (Å²) < 4.78 is 0. The molecule has 1 saturated carbocycles. The zero-order chi connectivity index (χ0) is 12.4. The maximum Gasteiger partial charge on any atom is 0.271 e. The van der Waals surface area contributed by atoms with Gasteiger partial charge in [-0.15, -0.1) is 12.4 Å². The van der Waals surface area contributed by atoms with Gasteiger partial charge >= 0.3 is 0 Å². The van der Waals surface area contributed by atoms with E-state index in [1.807, 2.05) is 6.07 Å². The highest BCUT2D eigenvalue weighted by molar-refractivity contribution is 5.92. The van der Waals surface area contributed by atoms with Gasteiger partial charge in [0, 0.05) is 18.2 Å². The average Bonchev–Trinajstić information content (AvgIpc) is 3.15. The molecule has 0 bridgehead atoms. The lowest BCUT2D eigenvalue weighted by Gasteiger charge is -2.22. The lowest BCUT2D eigenvalue weighted by Crippen LogP contribution is -2.38. The minimum atomic E-state index is -0.0521. The second-order valence-electron chi connectivity index (χ2n) is 5.41. The fourth-order valence-corrected chi connectivity index (χ4v) is 2.48. The molecule has 1 atom stereocenters. The van der Waals surface area contributed by atoms with Gasteiger partial charge in [-0.1, -0.05) is 0 Å². The summed E-state index contributed by atoms with van der Waals surface area (Å²) in [5.41, 5.74) is 1.64. The molecular weight excluding hydrogens is 264 g/mol. The SMILES string of the molecule is Cl.O=C(NCC1CCCNC1)c1cc(C2CC2)[nH]n1. The van der Waals surface area contributed by atoms with Gasteiger partial charge in [-0.05, 0) is 50.8 Å². The first-order valence-corrected chi connectivity index (χ1v) is 6.87. The number of amides is 1. The van der Waals surface area contributed by atoms with Crippen molar-refractivity contribution in [3.05, 3.63) is 17.5 Å². The molecule has 0 spiro atoms. The highest BCUT2D eigenvalue weighted by Crippen LogP contribution is 2.38. The number of H-pyrrole nitrogens is 1. The van der Waals surface area contributed by atoms with E-state index in [2.05, 4.69) is 20.8 Å². The Hall–Kier alpha value is -1.07. The van der Waals surface area contributed by atoms with Gasteiger partial charge in [-0.25, -0.2) is 0 Å². The maximum absolute atomic E-state index is 11.9. The Balaban J connectivity index is 0.00000133. The van der Waals surface area contributed by atoms with Gasteiger partial charge in [-0.2, -0.15) is 5.10 Å². The van der Waals surface area contributed by atoms with Gasteiger partial charge in [0.05, 0.1) is 0 Å². The Bertz CT molecular complexity index is 424. The summed E-state index contributed by atoms with van der Waals surface area (Å²) in [5, 5.41) is 13.4. The minimum absolute atomic E-state index is 0. The Labute approximate surface area is 119 Å². The van der Waals surface area contributed by atoms with Gasteiger partial charge in [0.2, 0.25) is 0 Å². The molecule has 106 valence electrons. The van der Waals surface area contributed by atoms with Gasteiger partial charge < -0.3 is 10.6 Å². The highest BCUT2D eigenvalue weighted by Gasteiger charge is 2.26. The number of carbonyl (C=O) groups excluding carboxylic acids is 1. The largest absolute Gasteiger partial charge is 0.350 e. The molecule has 3 rings (SSSR count). The highest BCUT2D eigenvalue weighted by atomic mass is 35.5. The molecule has 1 unspecified atom stereocenters. The van der Waals surface area contributed by atoms with Crippen LogP contribution in [-0.2, 0) is 0 Å². The number of nitrogens with zero attached hydrogens (tertiary/aromatic N) is 1. The Morgan fingerprint density at radius 1 is 1.42 bits per heavy atom. The van der Waals surface area contributed by atoms with Crippen molar-refractivity contribution in [2.45, 2.75) is 31.6 Å². The number of nitrogens with one attached hydrogen (secondary N) is 3. The molecule has 3 N–H and O–H groups in total. The summed E-state index contributed by atoms with van der Waals surface area (Å²) in [6.45, 7) is 2.86. The van der Waals surface area contributed by atoms with Gasteiger partial charge in [0.1, 0.15) is 5.69 Å². The maximum atomic E-state index is 11.9. The predicted octanol–water partition coefficient (Wildman–Crippen LogP) is 1.44. The number of hydrogen-bond acceptors (Lipinski definition) is 3. The average molecular weight is 285 g/mol. The first kappa shape index (κ1) is 14.3. The van der Waals surface area contributed by atoms with E-state index in [1.165, 1.54) is 25.7 Å². The van der Waals surface area contributed by atoms with E-state index in [-0.39, 0.29) is 18.3 Å². The van der Waals surface area contributed by atoms with Crippen molar-refractivity contribution in [2.75, 3.05) is 19.6 Å². The third-order valence-electron chi connectivity index (χ3n) is 3.80. The van der Waals surface area contributed by atoms with Crippen LogP contribution in [0.2, 0.25) is 0 Å². The lowest BCUT2D eigenvalue weighted by atomic mass is 10.00. The van der Waals surface area contributed by atoms with Crippen LogP contribution >= 0.6 is 12.4 Å². The van der Waals surface area contributed by atoms with Gasteiger partial charge in [0.15, 0.2) is 0 Å². The first-order chi connectivity index (χ1) is 8.83. The Kier molecular flexibility index (Phi) is 4.82. The van der Waals surface area contributed by atoms with Crippen LogP contribution < -0.4 is 10.6 Å². The van der Waals surface area contributed by atoms with E-state index in [9.17, 15) is 4.79 Å². The van der Waals surface area contributed by atoms with E-state index in [1.54, 1.807) is 0 Å². The van der Waals surface area contributed by atoms with Crippen molar-refractivity contribution in [3.8, 4) is 0 Å². The molecule has 2 fully saturated rings. The molecule has 1 amide bonds. The third-order valence-corrected chi connectivity index (χ3v) is 3.80. The van der Waals surface area contributed by atoms with Crippen LogP contribution in [0.3, 0.4) is 0 Å². The molecule has 5 nitrogen and oxygen atoms in total. The molecule has 1 saturated heterocycles. The number of carbonyl (C=O) groups is 1. The topological polar surface area (TPSA) is 69.8 Å². The van der Waals surface area contributed by atoms with Crippen LogP contribution in [0.15, 0.2) is 6.07 Å². The number of aromatic amines is 1. The summed E-state index contributed by atoms with van der Waals surface area (Å²) >= 11 is 0. The molecule has 1 aromatic rings. The Morgan fingerprint density at radius 3 is 2.95 bits per heavy atom. The first-order valence-electron chi connectivity index (χ1n) is 6.87. The van der Waals surface area contributed by atoms with Crippen molar-refractivity contribution in [3.63, 3.8) is 0 Å². The van der Waals surface area contributed by atoms with Gasteiger partial charge in [0.25, 0.3) is 5.91 Å². The number of rotatable bonds is 4. The van der Waals surface area contributed by atoms with Crippen LogP contribution in [-0.4, -0.2) is 35.7 Å². The van der Waals surface area contributed by atoms with Crippen LogP contribution in [0.5, 0.6) is 0 Å². The van der Waals surface area contributed by atoms with Crippen molar-refractivity contribution < 1.29 is 4.79 Å². The van der Waals surface area contributed by atoms with Crippen LogP contribution in [0.25, 0.3) is 0 Å². The number of halogens is 1. The quantitative estimate of drug-likeness (QED) is 0.784. The van der Waals surface area contributed by atoms with E-state index in [0.717, 1.165) is 25.3 Å². The summed E-state index contributed by atoms with van der Waals surface area (Å²) in [6.07, 6.45) is 4.84. The summed E-state index contributed by atoms with van der Waals surface area (Å²) in [4.78, 5) is 11.9. The monoisotopic (exact) mass is 284 g/mol. The summed E-state index contributed by atoms with van der Waals surface area (Å²) in [6, 6.07) is 1.89. The number of hydrogen-bond donors (Lipinski definition) is 3. The normalized spacial score (nSPS) is 22.6. The van der Waals surface area contributed by atoms with E-state index in [4.69, 9.17) is 0 Å². The van der Waals surface area contributed by atoms with Crippen molar-refractivity contribution >= 4 is 18.3 Å². The molecule has 1 aliphatic carbocycles. The fourth-order valence-electron chi connectivity index (χ4n) is 2.48. The molecule has 0 radical (unpaired) electrons. The summed E-state index contributed by atoms with van der Waals surface area (Å²) in [5.74, 6) is 1.12. The molecule has 0 aromatic carbocycles. The minimum Gasteiger partial charge on any atom is -0.350 e. The smallest absolute Gasteiger partial charge is 0.271 e. The summed E-state index contributed by atoms with van der Waals surface area (Å²) in [7, 11) is 0. The second-order valence-corrected chi connectivity index (χ2v) is 5.41. The van der Waals surface area contributed by atoms with Crippen molar-refractivity contribution in [2.24, 2.45) is 5.92 Å². The third kappa shape index (κ3) is 3.70. The molecule has 1 aliphatic heterocycles. The predicted molar refractivity (Wildman–Crippen MR) is 75.7 cm³/mol. The molecule has 6 heteroatoms. The standard InChI is InChI=1S/C13H20N4O.ClH/c18-13(15-8-9-2-1-5-14-7-9)12-6-11(16-17-12)10-3-4-10;/h6,9-10,14H,1-5,7-8H2,(H,15,18)(H,16,17);1H. The molecule has 2 aliphatic rings. The van der Waals surface area contributed by atoms with E-state index < -0.39 is 0 Å². The van der Waals surface area contributed by atoms with Gasteiger partial charge in [-0.3, -0.25) is 9.89 Å². The zero-order valence-electron chi connectivity index (χ0n) is 10.9. The van der Waals surface area contributed by atoms with Crippen LogP contribution in [0.1, 0.15) is 47.8 Å². The fraction of sp³-hybridized carbons (Fsp3) is 0.692. The molecule has 2 heterocycles. The van der Waals surface area contributed by atoms with E-state index in [0.29, 0.717) is 17.5 Å². The number of aromatic nitrogens is 2. The van der Waals surface area contributed by atoms with Crippen LogP contribution in [0.4, 0.5) is 0 Å². The van der Waals surface area contributed by atoms with E-state index >= 15 is 0 Å². The lowest BCUT2D eigenvalue weighted by molar-refractivity contribution is 0.0940. The molecule has 19 heavy (non-hydrogen) atoms. The Morgan fingerprint density at radius 2 is 2.26 bits per heavy atom. The molecular formula is C13H21ClN4O.